The molecular formula is C15H22FNO2. The number of halogens is 1. The fourth-order valence-electron chi connectivity index (χ4n) is 2.36. The lowest BCUT2D eigenvalue weighted by molar-refractivity contribution is 0.0656. The summed E-state index contributed by atoms with van der Waals surface area (Å²) in [4.78, 5) is 0. The molecule has 0 bridgehead atoms. The van der Waals surface area contributed by atoms with Crippen LogP contribution in [0, 0.1) is 11.7 Å². The molecule has 0 unspecified atom stereocenters. The Morgan fingerprint density at radius 3 is 2.79 bits per heavy atom. The number of benzene rings is 1. The predicted molar refractivity (Wildman–Crippen MR) is 72.9 cm³/mol. The van der Waals surface area contributed by atoms with E-state index >= 15 is 0 Å². The highest BCUT2D eigenvalue weighted by Crippen LogP contribution is 2.22. The smallest absolute Gasteiger partial charge is 0.165 e. The normalized spacial score (nSPS) is 18.3. The molecule has 106 valence electrons. The van der Waals surface area contributed by atoms with Gasteiger partial charge >= 0.3 is 0 Å². The van der Waals surface area contributed by atoms with E-state index in [9.17, 15) is 4.39 Å². The van der Waals surface area contributed by atoms with Crippen LogP contribution in [-0.2, 0) is 4.74 Å². The summed E-state index contributed by atoms with van der Waals surface area (Å²) in [5.74, 6) is 0.652. The van der Waals surface area contributed by atoms with Crippen molar-refractivity contribution >= 4 is 0 Å². The van der Waals surface area contributed by atoms with Gasteiger partial charge in [-0.2, -0.15) is 0 Å². The van der Waals surface area contributed by atoms with E-state index in [0.29, 0.717) is 11.7 Å². The molecule has 1 aromatic rings. The van der Waals surface area contributed by atoms with Crippen LogP contribution in [0.15, 0.2) is 18.2 Å². The minimum absolute atomic E-state index is 0.142. The van der Waals surface area contributed by atoms with Gasteiger partial charge in [-0.15, -0.1) is 0 Å². The topological polar surface area (TPSA) is 30.5 Å². The first-order valence-electron chi connectivity index (χ1n) is 6.85. The van der Waals surface area contributed by atoms with Crippen molar-refractivity contribution in [2.24, 2.45) is 5.92 Å². The quantitative estimate of drug-likeness (QED) is 0.889. The number of nitrogens with one attached hydrogen (secondary N) is 1. The number of ether oxygens (including phenoxy) is 2. The average molecular weight is 267 g/mol. The maximum atomic E-state index is 13.6. The molecule has 1 aliphatic rings. The van der Waals surface area contributed by atoms with E-state index in [2.05, 4.69) is 12.2 Å². The van der Waals surface area contributed by atoms with Crippen LogP contribution in [0.2, 0.25) is 0 Å². The molecule has 0 spiro atoms. The Balaban J connectivity index is 1.88. The lowest BCUT2D eigenvalue weighted by Crippen LogP contribution is -2.29. The summed E-state index contributed by atoms with van der Waals surface area (Å²) in [5.41, 5.74) is 0.949. The van der Waals surface area contributed by atoms with Gasteiger partial charge in [0.1, 0.15) is 0 Å². The maximum absolute atomic E-state index is 13.6. The van der Waals surface area contributed by atoms with Crippen LogP contribution in [0.5, 0.6) is 5.75 Å². The van der Waals surface area contributed by atoms with Crippen LogP contribution in [0.4, 0.5) is 4.39 Å². The minimum atomic E-state index is -0.306. The van der Waals surface area contributed by atoms with E-state index in [0.717, 1.165) is 38.2 Å². The minimum Gasteiger partial charge on any atom is -0.494 e. The summed E-state index contributed by atoms with van der Waals surface area (Å²) in [7, 11) is 1.48. The molecule has 1 heterocycles. The van der Waals surface area contributed by atoms with E-state index in [-0.39, 0.29) is 11.9 Å². The predicted octanol–water partition coefficient (Wildman–Crippen LogP) is 2.91. The van der Waals surface area contributed by atoms with Gasteiger partial charge < -0.3 is 14.8 Å². The number of rotatable bonds is 5. The molecule has 2 rings (SSSR count). The third kappa shape index (κ3) is 3.91. The van der Waals surface area contributed by atoms with Crippen LogP contribution in [0.1, 0.15) is 31.4 Å². The van der Waals surface area contributed by atoms with Crippen molar-refractivity contribution < 1.29 is 13.9 Å². The Labute approximate surface area is 114 Å². The summed E-state index contributed by atoms with van der Waals surface area (Å²) < 4.78 is 23.9. The number of hydrogen-bond donors (Lipinski definition) is 1. The van der Waals surface area contributed by atoms with Crippen molar-refractivity contribution in [2.45, 2.75) is 25.8 Å². The van der Waals surface area contributed by atoms with Gasteiger partial charge in [-0.3, -0.25) is 0 Å². The zero-order valence-electron chi connectivity index (χ0n) is 11.6. The second kappa shape index (κ2) is 6.87. The number of hydrogen-bond acceptors (Lipinski definition) is 3. The molecule has 0 amide bonds. The molecule has 3 nitrogen and oxygen atoms in total. The second-order valence-electron chi connectivity index (χ2n) is 5.08. The fraction of sp³-hybridized carbons (Fsp3) is 0.600. The van der Waals surface area contributed by atoms with Crippen molar-refractivity contribution in [1.82, 2.24) is 5.32 Å². The van der Waals surface area contributed by atoms with Gasteiger partial charge in [0.05, 0.1) is 7.11 Å². The third-order valence-corrected chi connectivity index (χ3v) is 3.73. The molecular weight excluding hydrogens is 245 g/mol. The molecule has 0 radical (unpaired) electrons. The van der Waals surface area contributed by atoms with Gasteiger partial charge in [-0.05, 0) is 49.9 Å². The summed E-state index contributed by atoms with van der Waals surface area (Å²) in [6.07, 6.45) is 2.22. The Morgan fingerprint density at radius 2 is 2.16 bits per heavy atom. The van der Waals surface area contributed by atoms with Gasteiger partial charge in [-0.1, -0.05) is 6.07 Å². The first kappa shape index (κ1) is 14.3. The molecule has 0 aromatic heterocycles. The summed E-state index contributed by atoms with van der Waals surface area (Å²) >= 11 is 0. The van der Waals surface area contributed by atoms with Gasteiger partial charge in [0.2, 0.25) is 0 Å². The Bertz CT molecular complexity index is 405. The molecule has 1 aromatic carbocycles. The molecule has 0 aliphatic carbocycles. The highest BCUT2D eigenvalue weighted by atomic mass is 19.1. The number of methoxy groups -OCH3 is 1. The second-order valence-corrected chi connectivity index (χ2v) is 5.08. The summed E-state index contributed by atoms with van der Waals surface area (Å²) in [6.45, 7) is 4.73. The van der Waals surface area contributed by atoms with Crippen molar-refractivity contribution in [3.05, 3.63) is 29.6 Å². The average Bonchev–Trinajstić information content (AvgIpc) is 2.45. The summed E-state index contributed by atoms with van der Waals surface area (Å²) in [6, 6.07) is 5.27. The van der Waals surface area contributed by atoms with E-state index in [1.165, 1.54) is 7.11 Å². The van der Waals surface area contributed by atoms with E-state index in [1.807, 2.05) is 6.07 Å². The SMILES string of the molecule is COc1ccc([C@@H](C)NCC2CCOCC2)cc1F. The molecule has 19 heavy (non-hydrogen) atoms. The van der Waals surface area contributed by atoms with Crippen molar-refractivity contribution in [2.75, 3.05) is 26.9 Å². The maximum Gasteiger partial charge on any atom is 0.165 e. The fourth-order valence-corrected chi connectivity index (χ4v) is 2.36. The zero-order chi connectivity index (χ0) is 13.7. The van der Waals surface area contributed by atoms with Crippen LogP contribution in [-0.4, -0.2) is 26.9 Å². The third-order valence-electron chi connectivity index (χ3n) is 3.73. The molecule has 1 atom stereocenters. The van der Waals surface area contributed by atoms with Gasteiger partial charge in [-0.25, -0.2) is 4.39 Å². The monoisotopic (exact) mass is 267 g/mol. The van der Waals surface area contributed by atoms with E-state index < -0.39 is 0 Å². The molecule has 1 N–H and O–H groups in total. The molecule has 0 saturated carbocycles. The molecule has 1 aliphatic heterocycles. The molecule has 1 saturated heterocycles. The van der Waals surface area contributed by atoms with Gasteiger partial charge in [0.15, 0.2) is 11.6 Å². The lowest BCUT2D eigenvalue weighted by atomic mass is 9.99. The van der Waals surface area contributed by atoms with E-state index in [1.54, 1.807) is 12.1 Å². The highest BCUT2D eigenvalue weighted by molar-refractivity contribution is 5.30. The van der Waals surface area contributed by atoms with Crippen LogP contribution in [0.25, 0.3) is 0 Å². The lowest BCUT2D eigenvalue weighted by Gasteiger charge is -2.24. The van der Waals surface area contributed by atoms with Gasteiger partial charge in [0.25, 0.3) is 0 Å². The first-order chi connectivity index (χ1) is 9.20. The van der Waals surface area contributed by atoms with Gasteiger partial charge in [0, 0.05) is 19.3 Å². The van der Waals surface area contributed by atoms with Crippen LogP contribution in [0.3, 0.4) is 0 Å². The van der Waals surface area contributed by atoms with Crippen molar-refractivity contribution in [1.29, 1.82) is 0 Å². The largest absolute Gasteiger partial charge is 0.494 e. The highest BCUT2D eigenvalue weighted by Gasteiger charge is 2.15. The Kier molecular flexibility index (Phi) is 5.16. The summed E-state index contributed by atoms with van der Waals surface area (Å²) in [5, 5.41) is 3.47. The molecule has 1 fully saturated rings. The van der Waals surface area contributed by atoms with E-state index in [4.69, 9.17) is 9.47 Å². The van der Waals surface area contributed by atoms with Crippen LogP contribution < -0.4 is 10.1 Å². The Morgan fingerprint density at radius 1 is 1.42 bits per heavy atom. The zero-order valence-corrected chi connectivity index (χ0v) is 11.6. The first-order valence-corrected chi connectivity index (χ1v) is 6.85. The standard InChI is InChI=1S/C15H22FNO2/c1-11(17-10-12-5-7-19-8-6-12)13-3-4-15(18-2)14(16)9-13/h3-4,9,11-12,17H,5-8,10H2,1-2H3/t11-/m1/s1. The Hall–Kier alpha value is -1.13. The van der Waals surface area contributed by atoms with Crippen molar-refractivity contribution in [3.8, 4) is 5.75 Å². The van der Waals surface area contributed by atoms with Crippen LogP contribution >= 0.6 is 0 Å². The molecule has 4 heteroatoms. The van der Waals surface area contributed by atoms with Crippen molar-refractivity contribution in [3.63, 3.8) is 0 Å².